The van der Waals surface area contributed by atoms with Crippen LogP contribution in [-0.4, -0.2) is 96.7 Å². The Morgan fingerprint density at radius 3 is 0.895 bits per heavy atom. The standard InChI is InChI=1S/C57H110O17P2/c1-6-9-12-15-17-19-20-21-23-27-33-38-43-57(62)74-53(47-68-55(60)41-36-31-28-24-25-30-34-39-50(4)5)49-72-76(65,66)70-45-51(58)44-69-75(63,64)71-48-52(46-67-54(59)40-35-29-14-11-8-3)73-56(61)42-37-32-26-22-18-16-13-10-7-2/h50-53,58H,6-49H2,1-5H3,(H,63,64)(H,65,66)/t51-,52+,53+/m0/s1. The predicted octanol–water partition coefficient (Wildman–Crippen LogP) is 15.1. The molecule has 0 aromatic carbocycles. The van der Waals surface area contributed by atoms with Crippen molar-refractivity contribution in [3.05, 3.63) is 0 Å². The molecule has 0 aromatic heterocycles. The molecule has 0 aliphatic rings. The van der Waals surface area contributed by atoms with E-state index in [1.54, 1.807) is 0 Å². The molecular weight excluding hydrogens is 1020 g/mol. The normalized spacial score (nSPS) is 14.4. The summed E-state index contributed by atoms with van der Waals surface area (Å²) in [5.41, 5.74) is 0. The van der Waals surface area contributed by atoms with E-state index >= 15 is 0 Å². The summed E-state index contributed by atoms with van der Waals surface area (Å²) in [5, 5.41) is 10.5. The smallest absolute Gasteiger partial charge is 0.462 e. The Hall–Kier alpha value is -1.94. The first-order chi connectivity index (χ1) is 36.5. The summed E-state index contributed by atoms with van der Waals surface area (Å²) in [7, 11) is -9.86. The van der Waals surface area contributed by atoms with Gasteiger partial charge in [0.05, 0.1) is 26.4 Å². The largest absolute Gasteiger partial charge is 0.472 e. The van der Waals surface area contributed by atoms with Crippen molar-refractivity contribution in [1.82, 2.24) is 0 Å². The predicted molar refractivity (Wildman–Crippen MR) is 298 cm³/mol. The van der Waals surface area contributed by atoms with E-state index in [9.17, 15) is 43.2 Å². The highest BCUT2D eigenvalue weighted by molar-refractivity contribution is 7.47. The number of unbranched alkanes of at least 4 members (excludes halogenated alkanes) is 29. The summed E-state index contributed by atoms with van der Waals surface area (Å²) < 4.78 is 67.5. The highest BCUT2D eigenvalue weighted by Gasteiger charge is 2.30. The fraction of sp³-hybridized carbons (Fsp3) is 0.930. The van der Waals surface area contributed by atoms with Crippen LogP contribution in [0, 0.1) is 5.92 Å². The van der Waals surface area contributed by atoms with Gasteiger partial charge in [-0.05, 0) is 31.6 Å². The Morgan fingerprint density at radius 1 is 0.355 bits per heavy atom. The Kier molecular flexibility index (Phi) is 49.9. The molecule has 0 aromatic rings. The lowest BCUT2D eigenvalue weighted by atomic mass is 10.0. The number of esters is 4. The number of carbonyl (C=O) groups excluding carboxylic acids is 4. The summed E-state index contributed by atoms with van der Waals surface area (Å²) in [6.07, 6.45) is 32.5. The number of phosphoric acid groups is 2. The van der Waals surface area contributed by atoms with E-state index in [2.05, 4.69) is 34.6 Å². The molecule has 0 heterocycles. The third-order valence-corrected chi connectivity index (χ3v) is 14.9. The van der Waals surface area contributed by atoms with Crippen LogP contribution in [0.15, 0.2) is 0 Å². The molecule has 0 saturated carbocycles. The number of ether oxygens (including phenoxy) is 4. The molecule has 0 aliphatic carbocycles. The van der Waals surface area contributed by atoms with Crippen molar-refractivity contribution in [2.45, 2.75) is 297 Å². The monoisotopic (exact) mass is 1130 g/mol. The van der Waals surface area contributed by atoms with Crippen LogP contribution in [0.2, 0.25) is 0 Å². The highest BCUT2D eigenvalue weighted by atomic mass is 31.2. The summed E-state index contributed by atoms with van der Waals surface area (Å²) in [4.78, 5) is 71.6. The lowest BCUT2D eigenvalue weighted by molar-refractivity contribution is -0.161. The number of rotatable bonds is 57. The van der Waals surface area contributed by atoms with Crippen molar-refractivity contribution in [2.75, 3.05) is 39.6 Å². The van der Waals surface area contributed by atoms with Crippen LogP contribution < -0.4 is 0 Å². The minimum atomic E-state index is -4.93. The molecule has 450 valence electrons. The van der Waals surface area contributed by atoms with Crippen molar-refractivity contribution in [2.24, 2.45) is 5.92 Å². The summed E-state index contributed by atoms with van der Waals surface area (Å²) >= 11 is 0. The molecule has 0 aliphatic heterocycles. The minimum Gasteiger partial charge on any atom is -0.462 e. The number of phosphoric ester groups is 2. The first-order valence-electron chi connectivity index (χ1n) is 30.1. The van der Waals surface area contributed by atoms with Crippen molar-refractivity contribution in [3.8, 4) is 0 Å². The maximum atomic E-state index is 12.9. The molecule has 17 nitrogen and oxygen atoms in total. The quantitative estimate of drug-likeness (QED) is 0.0222. The van der Waals surface area contributed by atoms with Gasteiger partial charge >= 0.3 is 39.5 Å². The summed E-state index contributed by atoms with van der Waals surface area (Å²) in [5.74, 6) is -1.45. The highest BCUT2D eigenvalue weighted by Crippen LogP contribution is 2.45. The van der Waals surface area contributed by atoms with Gasteiger partial charge in [0, 0.05) is 25.7 Å². The van der Waals surface area contributed by atoms with Gasteiger partial charge in [0.15, 0.2) is 12.2 Å². The van der Waals surface area contributed by atoms with E-state index in [4.69, 9.17) is 37.0 Å². The molecule has 2 unspecified atom stereocenters. The van der Waals surface area contributed by atoms with Crippen molar-refractivity contribution < 1.29 is 80.2 Å². The molecule has 19 heteroatoms. The third kappa shape index (κ3) is 51.5. The maximum absolute atomic E-state index is 12.9. The molecule has 5 atom stereocenters. The average molecular weight is 1130 g/mol. The Balaban J connectivity index is 5.18. The van der Waals surface area contributed by atoms with Crippen LogP contribution in [0.1, 0.15) is 279 Å². The number of aliphatic hydroxyl groups excluding tert-OH is 1. The van der Waals surface area contributed by atoms with Crippen LogP contribution in [0.3, 0.4) is 0 Å². The Labute approximate surface area is 460 Å². The second kappa shape index (κ2) is 51.2. The topological polar surface area (TPSA) is 237 Å². The Bertz CT molecular complexity index is 1500. The van der Waals surface area contributed by atoms with Crippen LogP contribution in [0.5, 0.6) is 0 Å². The zero-order valence-electron chi connectivity index (χ0n) is 48.4. The van der Waals surface area contributed by atoms with E-state index < -0.39 is 97.5 Å². The lowest BCUT2D eigenvalue weighted by Gasteiger charge is -2.21. The third-order valence-electron chi connectivity index (χ3n) is 13.0. The second-order valence-corrected chi connectivity index (χ2v) is 24.1. The van der Waals surface area contributed by atoms with Crippen LogP contribution in [0.25, 0.3) is 0 Å². The lowest BCUT2D eigenvalue weighted by Crippen LogP contribution is -2.30. The molecule has 3 N–H and O–H groups in total. The second-order valence-electron chi connectivity index (χ2n) is 21.2. The van der Waals surface area contributed by atoms with Crippen molar-refractivity contribution in [3.63, 3.8) is 0 Å². The van der Waals surface area contributed by atoms with Crippen LogP contribution >= 0.6 is 15.6 Å². The van der Waals surface area contributed by atoms with E-state index in [0.29, 0.717) is 31.6 Å². The first kappa shape index (κ1) is 74.1. The SMILES string of the molecule is CCCCCCCCCCCCCCC(=O)O[C@H](COC(=O)CCCCCCCCCC(C)C)COP(=O)(O)OC[C@@H](O)COP(=O)(O)OC[C@@H](COC(=O)CCCCCCC)OC(=O)CCCCCCCCCCC. The van der Waals surface area contributed by atoms with Crippen molar-refractivity contribution in [1.29, 1.82) is 0 Å². The Morgan fingerprint density at radius 2 is 0.605 bits per heavy atom. The van der Waals surface area contributed by atoms with E-state index in [-0.39, 0.29) is 25.7 Å². The van der Waals surface area contributed by atoms with Gasteiger partial charge in [0.2, 0.25) is 0 Å². The molecule has 0 fully saturated rings. The van der Waals surface area contributed by atoms with Crippen LogP contribution in [-0.2, 0) is 65.4 Å². The van der Waals surface area contributed by atoms with E-state index in [1.807, 2.05) is 0 Å². The molecule has 0 radical (unpaired) electrons. The minimum absolute atomic E-state index is 0.105. The first-order valence-corrected chi connectivity index (χ1v) is 33.1. The number of aliphatic hydroxyl groups is 1. The molecule has 0 rings (SSSR count). The van der Waals surface area contributed by atoms with Gasteiger partial charge in [-0.25, -0.2) is 9.13 Å². The van der Waals surface area contributed by atoms with E-state index in [0.717, 1.165) is 103 Å². The molecule has 0 saturated heterocycles. The molecule has 0 amide bonds. The van der Waals surface area contributed by atoms with Gasteiger partial charge in [-0.2, -0.15) is 0 Å². The molecule has 0 spiro atoms. The summed E-state index contributed by atoms with van der Waals surface area (Å²) in [6, 6.07) is 0. The fourth-order valence-corrected chi connectivity index (χ4v) is 9.92. The fourth-order valence-electron chi connectivity index (χ4n) is 8.34. The zero-order valence-corrected chi connectivity index (χ0v) is 50.2. The van der Waals surface area contributed by atoms with Gasteiger partial charge in [-0.15, -0.1) is 0 Å². The molecule has 76 heavy (non-hydrogen) atoms. The van der Waals surface area contributed by atoms with Crippen molar-refractivity contribution >= 4 is 39.5 Å². The van der Waals surface area contributed by atoms with Gasteiger partial charge in [-0.1, -0.05) is 227 Å². The van der Waals surface area contributed by atoms with Gasteiger partial charge in [0.1, 0.15) is 19.3 Å². The molecular formula is C57H110O17P2. The molecule has 0 bridgehead atoms. The number of hydrogen-bond donors (Lipinski definition) is 3. The van der Waals surface area contributed by atoms with Gasteiger partial charge in [0.25, 0.3) is 0 Å². The van der Waals surface area contributed by atoms with Gasteiger partial charge in [-0.3, -0.25) is 37.3 Å². The number of hydrogen-bond acceptors (Lipinski definition) is 15. The van der Waals surface area contributed by atoms with E-state index in [1.165, 1.54) is 89.9 Å². The average Bonchev–Trinajstić information content (AvgIpc) is 3.38. The zero-order chi connectivity index (χ0) is 56.4. The summed E-state index contributed by atoms with van der Waals surface area (Å²) in [6.45, 7) is 6.98. The van der Waals surface area contributed by atoms with Crippen LogP contribution in [0.4, 0.5) is 0 Å². The maximum Gasteiger partial charge on any atom is 0.472 e. The van der Waals surface area contributed by atoms with Gasteiger partial charge < -0.3 is 33.8 Å². The number of carbonyl (C=O) groups is 4.